The van der Waals surface area contributed by atoms with E-state index >= 15 is 0 Å². The number of nitrogen functional groups attached to an aromatic ring is 1. The Labute approximate surface area is 104 Å². The first kappa shape index (κ1) is 11.3. The van der Waals surface area contributed by atoms with E-state index in [2.05, 4.69) is 0 Å². The van der Waals surface area contributed by atoms with Gasteiger partial charge in [0.2, 0.25) is 0 Å². The summed E-state index contributed by atoms with van der Waals surface area (Å²) in [7, 11) is 0. The molecule has 1 atom stereocenters. The number of aromatic nitrogens is 1. The Kier molecular flexibility index (Phi) is 2.83. The molecule has 0 aliphatic carbocycles. The number of nitrogens with zero attached hydrogens (tertiary/aromatic N) is 1. The van der Waals surface area contributed by atoms with Crippen molar-refractivity contribution in [1.29, 1.82) is 0 Å². The molecule has 1 saturated heterocycles. The maximum absolute atomic E-state index is 11.8. The molecule has 0 saturated carbocycles. The van der Waals surface area contributed by atoms with Crippen molar-refractivity contribution in [3.63, 3.8) is 0 Å². The van der Waals surface area contributed by atoms with Gasteiger partial charge in [-0.05, 0) is 31.4 Å². The Bertz CT molecular complexity index is 608. The molecule has 3 rings (SSSR count). The fourth-order valence-corrected chi connectivity index (χ4v) is 2.44. The maximum atomic E-state index is 11.8. The van der Waals surface area contributed by atoms with E-state index in [4.69, 9.17) is 14.9 Å². The minimum atomic E-state index is -0.325. The molecule has 5 heteroatoms. The monoisotopic (exact) mass is 248 g/mol. The van der Waals surface area contributed by atoms with Crippen LogP contribution in [0.4, 0.5) is 5.69 Å². The standard InChI is InChI=1S/C13H16N2O3/c14-9-3-4-11-12(8-9)18-13(16)15(11)6-5-10-2-1-7-17-10/h3-4,8,10H,1-2,5-7,14H2. The molecule has 1 aromatic heterocycles. The van der Waals surface area contributed by atoms with Crippen molar-refractivity contribution >= 4 is 16.8 Å². The third kappa shape index (κ3) is 2.01. The number of hydrogen-bond donors (Lipinski definition) is 1. The molecule has 1 aliphatic heterocycles. The summed E-state index contributed by atoms with van der Waals surface area (Å²) >= 11 is 0. The molecule has 1 aromatic carbocycles. The predicted octanol–water partition coefficient (Wildman–Crippen LogP) is 1.75. The SMILES string of the molecule is Nc1ccc2c(c1)oc(=O)n2CCC1CCCO1. The first-order valence-corrected chi connectivity index (χ1v) is 6.24. The molecule has 0 bridgehead atoms. The van der Waals surface area contributed by atoms with Crippen molar-refractivity contribution in [2.75, 3.05) is 12.3 Å². The van der Waals surface area contributed by atoms with E-state index in [1.54, 1.807) is 16.7 Å². The number of fused-ring (bicyclic) bond motifs is 1. The molecule has 18 heavy (non-hydrogen) atoms. The number of anilines is 1. The van der Waals surface area contributed by atoms with Gasteiger partial charge in [0.1, 0.15) is 0 Å². The zero-order valence-electron chi connectivity index (χ0n) is 10.1. The number of rotatable bonds is 3. The lowest BCUT2D eigenvalue weighted by atomic mass is 10.2. The van der Waals surface area contributed by atoms with E-state index < -0.39 is 0 Å². The van der Waals surface area contributed by atoms with Gasteiger partial charge in [0.15, 0.2) is 5.58 Å². The highest BCUT2D eigenvalue weighted by Gasteiger charge is 2.17. The van der Waals surface area contributed by atoms with E-state index in [1.807, 2.05) is 6.07 Å². The largest absolute Gasteiger partial charge is 0.419 e. The fourth-order valence-electron chi connectivity index (χ4n) is 2.44. The van der Waals surface area contributed by atoms with Crippen LogP contribution in [-0.2, 0) is 11.3 Å². The van der Waals surface area contributed by atoms with Crippen molar-refractivity contribution in [2.45, 2.75) is 31.9 Å². The molecule has 5 nitrogen and oxygen atoms in total. The van der Waals surface area contributed by atoms with Crippen molar-refractivity contribution in [3.05, 3.63) is 28.7 Å². The van der Waals surface area contributed by atoms with Gasteiger partial charge >= 0.3 is 5.76 Å². The highest BCUT2D eigenvalue weighted by atomic mass is 16.5. The van der Waals surface area contributed by atoms with Crippen LogP contribution in [0.1, 0.15) is 19.3 Å². The Hall–Kier alpha value is -1.75. The van der Waals surface area contributed by atoms with Crippen LogP contribution in [0.3, 0.4) is 0 Å². The average molecular weight is 248 g/mol. The van der Waals surface area contributed by atoms with E-state index in [0.29, 0.717) is 17.8 Å². The highest BCUT2D eigenvalue weighted by Crippen LogP contribution is 2.19. The predicted molar refractivity (Wildman–Crippen MR) is 68.5 cm³/mol. The summed E-state index contributed by atoms with van der Waals surface area (Å²) in [4.78, 5) is 11.8. The van der Waals surface area contributed by atoms with E-state index in [0.717, 1.165) is 31.4 Å². The minimum absolute atomic E-state index is 0.274. The number of ether oxygens (including phenoxy) is 1. The molecule has 0 radical (unpaired) electrons. The van der Waals surface area contributed by atoms with Crippen LogP contribution < -0.4 is 11.5 Å². The smallest absolute Gasteiger partial charge is 0.408 e. The second kappa shape index (κ2) is 4.49. The van der Waals surface area contributed by atoms with Crippen LogP contribution in [0.2, 0.25) is 0 Å². The molecule has 0 spiro atoms. The maximum Gasteiger partial charge on any atom is 0.419 e. The second-order valence-electron chi connectivity index (χ2n) is 4.67. The molecule has 2 heterocycles. The van der Waals surface area contributed by atoms with Crippen molar-refractivity contribution < 1.29 is 9.15 Å². The molecule has 1 aliphatic rings. The zero-order chi connectivity index (χ0) is 12.5. The van der Waals surface area contributed by atoms with Crippen LogP contribution in [0.25, 0.3) is 11.1 Å². The molecule has 2 aromatic rings. The number of benzene rings is 1. The van der Waals surface area contributed by atoms with Gasteiger partial charge in [0, 0.05) is 24.9 Å². The van der Waals surface area contributed by atoms with E-state index in [9.17, 15) is 4.79 Å². The molecular weight excluding hydrogens is 232 g/mol. The summed E-state index contributed by atoms with van der Waals surface area (Å²) in [5.74, 6) is -0.325. The molecule has 96 valence electrons. The topological polar surface area (TPSA) is 70.4 Å². The summed E-state index contributed by atoms with van der Waals surface area (Å²) in [5, 5.41) is 0. The second-order valence-corrected chi connectivity index (χ2v) is 4.67. The van der Waals surface area contributed by atoms with Crippen LogP contribution in [-0.4, -0.2) is 17.3 Å². The van der Waals surface area contributed by atoms with Gasteiger partial charge in [-0.2, -0.15) is 0 Å². The van der Waals surface area contributed by atoms with Gasteiger partial charge < -0.3 is 14.9 Å². The average Bonchev–Trinajstić information content (AvgIpc) is 2.93. The zero-order valence-corrected chi connectivity index (χ0v) is 10.1. The van der Waals surface area contributed by atoms with Crippen molar-refractivity contribution in [2.24, 2.45) is 0 Å². The lowest BCUT2D eigenvalue weighted by Crippen LogP contribution is -2.18. The Morgan fingerprint density at radius 3 is 3.11 bits per heavy atom. The van der Waals surface area contributed by atoms with Crippen molar-refractivity contribution in [3.8, 4) is 0 Å². The van der Waals surface area contributed by atoms with Gasteiger partial charge in [-0.1, -0.05) is 0 Å². The minimum Gasteiger partial charge on any atom is -0.408 e. The Balaban J connectivity index is 1.86. The van der Waals surface area contributed by atoms with Gasteiger partial charge in [-0.25, -0.2) is 4.79 Å². The molecule has 0 amide bonds. The first-order chi connectivity index (χ1) is 8.74. The molecule has 1 fully saturated rings. The fraction of sp³-hybridized carbons (Fsp3) is 0.462. The number of aryl methyl sites for hydroxylation is 1. The van der Waals surface area contributed by atoms with Gasteiger partial charge in [0.25, 0.3) is 0 Å². The third-order valence-corrected chi connectivity index (χ3v) is 3.39. The van der Waals surface area contributed by atoms with Gasteiger partial charge in [-0.3, -0.25) is 4.57 Å². The summed E-state index contributed by atoms with van der Waals surface area (Å²) in [6.45, 7) is 1.46. The van der Waals surface area contributed by atoms with Gasteiger partial charge in [-0.15, -0.1) is 0 Å². The first-order valence-electron chi connectivity index (χ1n) is 6.24. The quantitative estimate of drug-likeness (QED) is 0.840. The van der Waals surface area contributed by atoms with Crippen LogP contribution in [0.15, 0.2) is 27.4 Å². The van der Waals surface area contributed by atoms with Crippen LogP contribution >= 0.6 is 0 Å². The summed E-state index contributed by atoms with van der Waals surface area (Å²) in [6.07, 6.45) is 3.31. The summed E-state index contributed by atoms with van der Waals surface area (Å²) in [5.41, 5.74) is 7.61. The van der Waals surface area contributed by atoms with Gasteiger partial charge in [0.05, 0.1) is 11.6 Å². The lowest BCUT2D eigenvalue weighted by Gasteiger charge is -2.08. The van der Waals surface area contributed by atoms with Crippen LogP contribution in [0.5, 0.6) is 0 Å². The van der Waals surface area contributed by atoms with E-state index in [-0.39, 0.29) is 11.9 Å². The van der Waals surface area contributed by atoms with Crippen molar-refractivity contribution in [1.82, 2.24) is 4.57 Å². The molecule has 1 unspecified atom stereocenters. The number of nitrogens with two attached hydrogens (primary N) is 1. The number of oxazole rings is 1. The normalized spacial score (nSPS) is 19.7. The third-order valence-electron chi connectivity index (χ3n) is 3.39. The van der Waals surface area contributed by atoms with E-state index in [1.165, 1.54) is 0 Å². The Morgan fingerprint density at radius 2 is 2.33 bits per heavy atom. The number of hydrogen-bond acceptors (Lipinski definition) is 4. The summed E-state index contributed by atoms with van der Waals surface area (Å²) < 4.78 is 12.4. The molecule has 2 N–H and O–H groups in total. The summed E-state index contributed by atoms with van der Waals surface area (Å²) in [6, 6.07) is 5.28. The Morgan fingerprint density at radius 1 is 1.44 bits per heavy atom. The molecular formula is C13H16N2O3. The highest BCUT2D eigenvalue weighted by molar-refractivity contribution is 5.76. The lowest BCUT2D eigenvalue weighted by molar-refractivity contribution is 0.100. The van der Waals surface area contributed by atoms with Crippen LogP contribution in [0, 0.1) is 0 Å².